The van der Waals surface area contributed by atoms with Crippen molar-refractivity contribution in [1.29, 1.82) is 0 Å². The number of nitrogens with zero attached hydrogens (tertiary/aromatic N) is 1. The fraction of sp³-hybridized carbons (Fsp3) is 0.174. The monoisotopic (exact) mass is 389 g/mol. The molecular formula is C23H23N3O3. The molecule has 0 saturated carbocycles. The van der Waals surface area contributed by atoms with Gasteiger partial charge in [-0.05, 0) is 60.9 Å². The lowest BCUT2D eigenvalue weighted by atomic mass is 10.1. The van der Waals surface area contributed by atoms with Crippen LogP contribution in [-0.2, 0) is 6.42 Å². The fourth-order valence-electron chi connectivity index (χ4n) is 2.81. The van der Waals surface area contributed by atoms with Crippen LogP contribution >= 0.6 is 0 Å². The zero-order valence-corrected chi connectivity index (χ0v) is 16.4. The van der Waals surface area contributed by atoms with E-state index in [2.05, 4.69) is 15.6 Å². The Kier molecular flexibility index (Phi) is 6.58. The van der Waals surface area contributed by atoms with Crippen LogP contribution in [-0.4, -0.2) is 30.5 Å². The van der Waals surface area contributed by atoms with Crippen molar-refractivity contribution >= 4 is 17.5 Å². The van der Waals surface area contributed by atoms with Crippen LogP contribution in [0.4, 0.5) is 5.69 Å². The molecule has 0 bridgehead atoms. The lowest BCUT2D eigenvalue weighted by Gasteiger charge is -2.08. The smallest absolute Gasteiger partial charge is 0.274 e. The zero-order chi connectivity index (χ0) is 20.6. The van der Waals surface area contributed by atoms with Crippen LogP contribution in [0.25, 0.3) is 0 Å². The highest BCUT2D eigenvalue weighted by molar-refractivity contribution is 6.03. The summed E-state index contributed by atoms with van der Waals surface area (Å²) >= 11 is 0. The number of hydrogen-bond acceptors (Lipinski definition) is 4. The lowest BCUT2D eigenvalue weighted by molar-refractivity contribution is 0.0949. The summed E-state index contributed by atoms with van der Waals surface area (Å²) in [6, 6.07) is 20.0. The minimum absolute atomic E-state index is 0.189. The highest BCUT2D eigenvalue weighted by atomic mass is 16.5. The molecule has 0 aliphatic rings. The molecule has 3 aromatic rings. The van der Waals surface area contributed by atoms with Gasteiger partial charge < -0.3 is 15.4 Å². The molecule has 0 aliphatic heterocycles. The van der Waals surface area contributed by atoms with Crippen molar-refractivity contribution < 1.29 is 14.3 Å². The maximum atomic E-state index is 12.4. The van der Waals surface area contributed by atoms with E-state index in [4.69, 9.17) is 4.74 Å². The molecule has 6 nitrogen and oxygen atoms in total. The van der Waals surface area contributed by atoms with Gasteiger partial charge in [0.1, 0.15) is 17.1 Å². The summed E-state index contributed by atoms with van der Waals surface area (Å²) < 4.78 is 5.13. The van der Waals surface area contributed by atoms with Gasteiger partial charge in [-0.1, -0.05) is 30.3 Å². The van der Waals surface area contributed by atoms with E-state index < -0.39 is 0 Å². The standard InChI is InChI=1S/C23H23N3O3/c1-16-5-3-6-18(15-16)25-23(28)21-8-4-7-20(26-21)22(27)24-14-13-17-9-11-19(29-2)12-10-17/h3-12,15H,13-14H2,1-2H3,(H,24,27)(H,25,28). The Morgan fingerprint density at radius 3 is 2.31 bits per heavy atom. The number of hydrogen-bond donors (Lipinski definition) is 2. The second-order valence-corrected chi connectivity index (χ2v) is 6.59. The number of amides is 2. The number of rotatable bonds is 7. The van der Waals surface area contributed by atoms with Crippen LogP contribution in [0.2, 0.25) is 0 Å². The summed E-state index contributed by atoms with van der Waals surface area (Å²) in [5.41, 5.74) is 3.21. The van der Waals surface area contributed by atoms with Crippen molar-refractivity contribution in [3.63, 3.8) is 0 Å². The highest BCUT2D eigenvalue weighted by Crippen LogP contribution is 2.12. The number of nitrogens with one attached hydrogen (secondary N) is 2. The second-order valence-electron chi connectivity index (χ2n) is 6.59. The number of aryl methyl sites for hydroxylation is 1. The number of ether oxygens (including phenoxy) is 1. The van der Waals surface area contributed by atoms with Gasteiger partial charge in [0.2, 0.25) is 0 Å². The van der Waals surface area contributed by atoms with E-state index in [0.29, 0.717) is 18.7 Å². The fourth-order valence-corrected chi connectivity index (χ4v) is 2.81. The van der Waals surface area contributed by atoms with Crippen LogP contribution in [0.1, 0.15) is 32.1 Å². The molecule has 0 fully saturated rings. The van der Waals surface area contributed by atoms with E-state index in [9.17, 15) is 9.59 Å². The van der Waals surface area contributed by atoms with E-state index in [1.807, 2.05) is 49.4 Å². The summed E-state index contributed by atoms with van der Waals surface area (Å²) in [5, 5.41) is 5.63. The van der Waals surface area contributed by atoms with Gasteiger partial charge >= 0.3 is 0 Å². The Morgan fingerprint density at radius 1 is 0.931 bits per heavy atom. The minimum Gasteiger partial charge on any atom is -0.497 e. The summed E-state index contributed by atoms with van der Waals surface area (Å²) in [6.45, 7) is 2.41. The molecule has 0 unspecified atom stereocenters. The first-order valence-electron chi connectivity index (χ1n) is 9.31. The number of carbonyl (C=O) groups is 2. The van der Waals surface area contributed by atoms with Crippen LogP contribution in [0, 0.1) is 6.92 Å². The molecule has 2 aromatic carbocycles. The molecule has 29 heavy (non-hydrogen) atoms. The largest absolute Gasteiger partial charge is 0.497 e. The molecule has 0 atom stereocenters. The average Bonchev–Trinajstić information content (AvgIpc) is 2.74. The SMILES string of the molecule is COc1ccc(CCNC(=O)c2cccc(C(=O)Nc3cccc(C)c3)n2)cc1. The van der Waals surface area contributed by atoms with Crippen LogP contribution in [0.5, 0.6) is 5.75 Å². The molecule has 2 amide bonds. The van der Waals surface area contributed by atoms with E-state index in [1.165, 1.54) is 0 Å². The topological polar surface area (TPSA) is 80.3 Å². The first kappa shape index (κ1) is 20.1. The minimum atomic E-state index is -0.358. The average molecular weight is 389 g/mol. The maximum Gasteiger partial charge on any atom is 0.274 e. The summed E-state index contributed by atoms with van der Waals surface area (Å²) in [5.74, 6) is 0.120. The van der Waals surface area contributed by atoms with Crippen molar-refractivity contribution in [1.82, 2.24) is 10.3 Å². The van der Waals surface area contributed by atoms with Gasteiger partial charge in [0, 0.05) is 12.2 Å². The first-order chi connectivity index (χ1) is 14.0. The second kappa shape index (κ2) is 9.50. The number of pyridine rings is 1. The van der Waals surface area contributed by atoms with E-state index >= 15 is 0 Å². The van der Waals surface area contributed by atoms with Crippen LogP contribution < -0.4 is 15.4 Å². The molecule has 3 rings (SSSR count). The van der Waals surface area contributed by atoms with Gasteiger partial charge in [-0.25, -0.2) is 4.98 Å². The molecule has 6 heteroatoms. The van der Waals surface area contributed by atoms with Gasteiger partial charge in [0.05, 0.1) is 7.11 Å². The quantitative estimate of drug-likeness (QED) is 0.647. The van der Waals surface area contributed by atoms with Crippen LogP contribution in [0.3, 0.4) is 0 Å². The Balaban J connectivity index is 1.57. The van der Waals surface area contributed by atoms with Crippen LogP contribution in [0.15, 0.2) is 66.7 Å². The van der Waals surface area contributed by atoms with Crippen molar-refractivity contribution in [2.45, 2.75) is 13.3 Å². The van der Waals surface area contributed by atoms with Gasteiger partial charge in [-0.2, -0.15) is 0 Å². The first-order valence-corrected chi connectivity index (χ1v) is 9.31. The molecule has 2 N–H and O–H groups in total. The van der Waals surface area contributed by atoms with Gasteiger partial charge in [-0.15, -0.1) is 0 Å². The van der Waals surface area contributed by atoms with Crippen molar-refractivity contribution in [2.24, 2.45) is 0 Å². The molecule has 0 radical (unpaired) electrons. The highest BCUT2D eigenvalue weighted by Gasteiger charge is 2.12. The molecule has 0 aliphatic carbocycles. The van der Waals surface area contributed by atoms with Gasteiger partial charge in [-0.3, -0.25) is 9.59 Å². The van der Waals surface area contributed by atoms with E-state index in [0.717, 1.165) is 16.9 Å². The molecular weight excluding hydrogens is 366 g/mol. The van der Waals surface area contributed by atoms with Gasteiger partial charge in [0.25, 0.3) is 11.8 Å². The van der Waals surface area contributed by atoms with Crippen molar-refractivity contribution in [3.05, 3.63) is 89.2 Å². The Bertz CT molecular complexity index is 1000. The third-order valence-electron chi connectivity index (χ3n) is 4.35. The normalized spacial score (nSPS) is 10.3. The van der Waals surface area contributed by atoms with Crippen molar-refractivity contribution in [2.75, 3.05) is 19.0 Å². The number of benzene rings is 2. The number of carbonyl (C=O) groups excluding carboxylic acids is 2. The third kappa shape index (κ3) is 5.65. The molecule has 0 saturated heterocycles. The Labute approximate surface area is 169 Å². The number of aromatic nitrogens is 1. The molecule has 148 valence electrons. The third-order valence-corrected chi connectivity index (χ3v) is 4.35. The lowest BCUT2D eigenvalue weighted by Crippen LogP contribution is -2.27. The van der Waals surface area contributed by atoms with E-state index in [-0.39, 0.29) is 23.2 Å². The zero-order valence-electron chi connectivity index (χ0n) is 16.4. The summed E-state index contributed by atoms with van der Waals surface area (Å²) in [6.07, 6.45) is 0.684. The summed E-state index contributed by atoms with van der Waals surface area (Å²) in [4.78, 5) is 29.0. The summed E-state index contributed by atoms with van der Waals surface area (Å²) in [7, 11) is 1.62. The van der Waals surface area contributed by atoms with E-state index in [1.54, 1.807) is 31.4 Å². The van der Waals surface area contributed by atoms with Crippen molar-refractivity contribution in [3.8, 4) is 5.75 Å². The molecule has 0 spiro atoms. The van der Waals surface area contributed by atoms with Gasteiger partial charge in [0.15, 0.2) is 0 Å². The molecule has 1 heterocycles. The number of anilines is 1. The number of methoxy groups -OCH3 is 1. The predicted molar refractivity (Wildman–Crippen MR) is 112 cm³/mol. The Morgan fingerprint density at radius 2 is 1.62 bits per heavy atom. The Hall–Kier alpha value is -3.67. The predicted octanol–water partition coefficient (Wildman–Crippen LogP) is 3.62. The molecule has 1 aromatic heterocycles. The maximum absolute atomic E-state index is 12.4.